The summed E-state index contributed by atoms with van der Waals surface area (Å²) in [5.74, 6) is 0.106. The molecule has 0 bridgehead atoms. The molecular formula is C18H22FN5O3. The number of amides is 3. The minimum absolute atomic E-state index is 0.107. The average molecular weight is 375 g/mol. The van der Waals surface area contributed by atoms with Crippen molar-refractivity contribution in [3.8, 4) is 0 Å². The molecule has 1 aromatic carbocycles. The molecule has 1 aromatic heterocycles. The first kappa shape index (κ1) is 18.8. The molecule has 0 aliphatic carbocycles. The molecule has 27 heavy (non-hydrogen) atoms. The molecule has 1 aliphatic heterocycles. The first-order valence-electron chi connectivity index (χ1n) is 8.78. The Labute approximate surface area is 156 Å². The van der Waals surface area contributed by atoms with Crippen molar-refractivity contribution in [2.75, 3.05) is 31.6 Å². The summed E-state index contributed by atoms with van der Waals surface area (Å²) in [4.78, 5) is 33.3. The van der Waals surface area contributed by atoms with Crippen LogP contribution in [-0.4, -0.2) is 59.2 Å². The Kier molecular flexibility index (Phi) is 6.37. The summed E-state index contributed by atoms with van der Waals surface area (Å²) in [7, 11) is 0. The van der Waals surface area contributed by atoms with Gasteiger partial charge in [0.25, 0.3) is 0 Å². The minimum atomic E-state index is -0.508. The normalized spacial score (nSPS) is 16.8. The van der Waals surface area contributed by atoms with Crippen LogP contribution in [-0.2, 0) is 16.0 Å². The molecule has 0 spiro atoms. The van der Waals surface area contributed by atoms with Gasteiger partial charge in [-0.25, -0.2) is 14.2 Å². The highest BCUT2D eigenvalue weighted by Gasteiger charge is 2.29. The van der Waals surface area contributed by atoms with Gasteiger partial charge in [-0.05, 0) is 12.1 Å². The molecule has 1 atom stereocenters. The van der Waals surface area contributed by atoms with Crippen LogP contribution in [0, 0.1) is 5.82 Å². The number of aromatic amines is 1. The molecule has 9 heteroatoms. The summed E-state index contributed by atoms with van der Waals surface area (Å²) < 4.78 is 19.2. The maximum absolute atomic E-state index is 13.8. The number of benzene rings is 1. The monoisotopic (exact) mass is 375 g/mol. The van der Waals surface area contributed by atoms with Crippen LogP contribution in [0.1, 0.15) is 12.2 Å². The van der Waals surface area contributed by atoms with Gasteiger partial charge in [-0.2, -0.15) is 0 Å². The van der Waals surface area contributed by atoms with Crippen molar-refractivity contribution in [3.63, 3.8) is 0 Å². The van der Waals surface area contributed by atoms with Gasteiger partial charge in [0.1, 0.15) is 11.6 Å². The standard InChI is InChI=1S/C18H22FN5O3/c19-14-3-1-2-4-15(14)23-18(26)24-9-10-27-12-13(24)11-17(25)22-6-5-16-20-7-8-21-16/h1-4,7-8,13H,5-6,9-12H2,(H,20,21)(H,22,25)(H,23,26)/t13-/m0/s1. The summed E-state index contributed by atoms with van der Waals surface area (Å²) in [5.41, 5.74) is 0.107. The summed E-state index contributed by atoms with van der Waals surface area (Å²) in [5, 5.41) is 5.37. The van der Waals surface area contributed by atoms with E-state index in [9.17, 15) is 14.0 Å². The number of imidazole rings is 1. The van der Waals surface area contributed by atoms with Crippen LogP contribution in [0.15, 0.2) is 36.7 Å². The van der Waals surface area contributed by atoms with Crippen molar-refractivity contribution in [3.05, 3.63) is 48.3 Å². The molecule has 2 aromatic rings. The molecule has 1 saturated heterocycles. The van der Waals surface area contributed by atoms with Crippen molar-refractivity contribution in [2.24, 2.45) is 0 Å². The molecule has 2 heterocycles. The molecule has 3 amide bonds. The smallest absolute Gasteiger partial charge is 0.322 e. The molecular weight excluding hydrogens is 353 g/mol. The molecule has 1 aliphatic rings. The van der Waals surface area contributed by atoms with E-state index in [1.165, 1.54) is 17.0 Å². The van der Waals surface area contributed by atoms with E-state index in [0.717, 1.165) is 5.82 Å². The van der Waals surface area contributed by atoms with E-state index in [2.05, 4.69) is 20.6 Å². The minimum Gasteiger partial charge on any atom is -0.377 e. The molecule has 8 nitrogen and oxygen atoms in total. The Hall–Kier alpha value is -2.94. The molecule has 0 unspecified atom stereocenters. The second-order valence-corrected chi connectivity index (χ2v) is 6.17. The van der Waals surface area contributed by atoms with E-state index in [0.29, 0.717) is 26.1 Å². The third kappa shape index (κ3) is 5.27. The molecule has 144 valence electrons. The number of nitrogens with zero attached hydrogens (tertiary/aromatic N) is 2. The van der Waals surface area contributed by atoms with Crippen molar-refractivity contribution >= 4 is 17.6 Å². The number of ether oxygens (including phenoxy) is 1. The highest BCUT2D eigenvalue weighted by atomic mass is 19.1. The van der Waals surface area contributed by atoms with E-state index in [4.69, 9.17) is 4.74 Å². The van der Waals surface area contributed by atoms with Crippen LogP contribution in [0.3, 0.4) is 0 Å². The number of anilines is 1. The lowest BCUT2D eigenvalue weighted by atomic mass is 10.1. The van der Waals surface area contributed by atoms with Crippen molar-refractivity contribution in [1.29, 1.82) is 0 Å². The zero-order valence-electron chi connectivity index (χ0n) is 14.8. The van der Waals surface area contributed by atoms with Gasteiger partial charge >= 0.3 is 6.03 Å². The third-order valence-electron chi connectivity index (χ3n) is 4.26. The van der Waals surface area contributed by atoms with E-state index >= 15 is 0 Å². The van der Waals surface area contributed by atoms with Crippen LogP contribution >= 0.6 is 0 Å². The van der Waals surface area contributed by atoms with Gasteiger partial charge in [0.15, 0.2) is 0 Å². The van der Waals surface area contributed by atoms with Crippen molar-refractivity contribution < 1.29 is 18.7 Å². The fourth-order valence-corrected chi connectivity index (χ4v) is 2.88. The Morgan fingerprint density at radius 2 is 2.22 bits per heavy atom. The fraction of sp³-hybridized carbons (Fsp3) is 0.389. The first-order valence-corrected chi connectivity index (χ1v) is 8.78. The van der Waals surface area contributed by atoms with Crippen molar-refractivity contribution in [2.45, 2.75) is 18.9 Å². The summed E-state index contributed by atoms with van der Waals surface area (Å²) >= 11 is 0. The molecule has 3 rings (SSSR count). The quantitative estimate of drug-likeness (QED) is 0.713. The van der Waals surface area contributed by atoms with Crippen molar-refractivity contribution in [1.82, 2.24) is 20.2 Å². The largest absolute Gasteiger partial charge is 0.377 e. The summed E-state index contributed by atoms with van der Waals surface area (Å²) in [6.45, 7) is 1.42. The zero-order chi connectivity index (χ0) is 19.1. The maximum atomic E-state index is 13.8. The number of H-pyrrole nitrogens is 1. The van der Waals surface area contributed by atoms with Crippen LogP contribution in [0.2, 0.25) is 0 Å². The second-order valence-electron chi connectivity index (χ2n) is 6.17. The van der Waals surface area contributed by atoms with E-state index in [-0.39, 0.29) is 24.6 Å². The molecule has 0 radical (unpaired) electrons. The Bertz CT molecular complexity index is 768. The predicted octanol–water partition coefficient (Wildman–Crippen LogP) is 1.53. The number of hydrogen-bond acceptors (Lipinski definition) is 4. The van der Waals surface area contributed by atoms with Gasteiger partial charge in [-0.15, -0.1) is 0 Å². The predicted molar refractivity (Wildman–Crippen MR) is 96.7 cm³/mol. The molecule has 1 fully saturated rings. The second kappa shape index (κ2) is 9.13. The van der Waals surface area contributed by atoms with E-state index in [1.807, 2.05) is 0 Å². The lowest BCUT2D eigenvalue weighted by molar-refractivity contribution is -0.123. The van der Waals surface area contributed by atoms with Gasteiger partial charge in [0.05, 0.1) is 24.9 Å². The summed E-state index contributed by atoms with van der Waals surface area (Å²) in [6.07, 6.45) is 4.09. The van der Waals surface area contributed by atoms with Gasteiger partial charge in [-0.3, -0.25) is 4.79 Å². The molecule has 0 saturated carbocycles. The lowest BCUT2D eigenvalue weighted by Crippen LogP contribution is -2.52. The maximum Gasteiger partial charge on any atom is 0.322 e. The van der Waals surface area contributed by atoms with Gasteiger partial charge in [-0.1, -0.05) is 12.1 Å². The van der Waals surface area contributed by atoms with Crippen LogP contribution in [0.5, 0.6) is 0 Å². The Morgan fingerprint density at radius 3 is 3.00 bits per heavy atom. The third-order valence-corrected chi connectivity index (χ3v) is 4.26. The number of hydrogen-bond donors (Lipinski definition) is 3. The number of rotatable bonds is 6. The number of carbonyl (C=O) groups excluding carboxylic acids is 2. The lowest BCUT2D eigenvalue weighted by Gasteiger charge is -2.35. The van der Waals surface area contributed by atoms with Gasteiger partial charge in [0, 0.05) is 38.3 Å². The number of halogens is 1. The Morgan fingerprint density at radius 1 is 1.37 bits per heavy atom. The summed E-state index contributed by atoms with van der Waals surface area (Å²) in [6, 6.07) is 5.10. The number of urea groups is 1. The van der Waals surface area contributed by atoms with E-state index < -0.39 is 17.9 Å². The number of carbonyl (C=O) groups is 2. The molecule has 3 N–H and O–H groups in total. The highest BCUT2D eigenvalue weighted by Crippen LogP contribution is 2.16. The highest BCUT2D eigenvalue weighted by molar-refractivity contribution is 5.90. The Balaban J connectivity index is 1.52. The van der Waals surface area contributed by atoms with Crippen LogP contribution < -0.4 is 10.6 Å². The van der Waals surface area contributed by atoms with Gasteiger partial charge in [0.2, 0.25) is 5.91 Å². The fourth-order valence-electron chi connectivity index (χ4n) is 2.88. The topological polar surface area (TPSA) is 99.3 Å². The zero-order valence-corrected chi connectivity index (χ0v) is 14.8. The van der Waals surface area contributed by atoms with Crippen LogP contribution in [0.4, 0.5) is 14.9 Å². The number of aromatic nitrogens is 2. The van der Waals surface area contributed by atoms with Crippen LogP contribution in [0.25, 0.3) is 0 Å². The number of para-hydroxylation sites is 1. The average Bonchev–Trinajstić information content (AvgIpc) is 3.17. The first-order chi connectivity index (χ1) is 13.1. The van der Waals surface area contributed by atoms with E-state index in [1.54, 1.807) is 24.5 Å². The number of morpholine rings is 1. The SMILES string of the molecule is O=C(C[C@H]1COCCN1C(=O)Nc1ccccc1F)NCCc1ncc[nH]1. The van der Waals surface area contributed by atoms with Gasteiger partial charge < -0.3 is 25.3 Å². The number of nitrogens with one attached hydrogen (secondary N) is 3.